The first-order valence-corrected chi connectivity index (χ1v) is 9.15. The van der Waals surface area contributed by atoms with Gasteiger partial charge in [-0.25, -0.2) is 0 Å². The fourth-order valence-corrected chi connectivity index (χ4v) is 3.46. The molecule has 2 fully saturated rings. The molecule has 1 amide bonds. The normalized spacial score (nSPS) is 22.3. The van der Waals surface area contributed by atoms with Gasteiger partial charge >= 0.3 is 0 Å². The number of nitrogens with zero attached hydrogens (tertiary/aromatic N) is 2. The molecule has 6 nitrogen and oxygen atoms in total. The van der Waals surface area contributed by atoms with Gasteiger partial charge in [-0.1, -0.05) is 13.8 Å². The maximum atomic E-state index is 12.6. The van der Waals surface area contributed by atoms with Crippen LogP contribution in [-0.2, 0) is 11.3 Å². The number of rotatable bonds is 6. The molecule has 138 valence electrons. The summed E-state index contributed by atoms with van der Waals surface area (Å²) in [6.45, 7) is 7.29. The van der Waals surface area contributed by atoms with Crippen molar-refractivity contribution in [2.24, 2.45) is 11.8 Å². The van der Waals surface area contributed by atoms with Gasteiger partial charge in [0.15, 0.2) is 0 Å². The summed E-state index contributed by atoms with van der Waals surface area (Å²) < 4.78 is 10.5. The molecule has 1 saturated carbocycles. The quantitative estimate of drug-likeness (QED) is 0.788. The van der Waals surface area contributed by atoms with Gasteiger partial charge in [0.2, 0.25) is 17.1 Å². The van der Waals surface area contributed by atoms with E-state index >= 15 is 0 Å². The number of carbonyl (C=O) groups is 1. The highest BCUT2D eigenvalue weighted by Gasteiger charge is 2.35. The minimum absolute atomic E-state index is 0.176. The minimum Gasteiger partial charge on any atom is -0.490 e. The molecule has 1 aromatic heterocycles. The molecule has 0 unspecified atom stereocenters. The molecule has 3 rings (SSSR count). The van der Waals surface area contributed by atoms with Crippen LogP contribution in [0.4, 0.5) is 0 Å². The smallest absolute Gasteiger partial charge is 0.227 e. The van der Waals surface area contributed by atoms with Gasteiger partial charge in [0.1, 0.15) is 12.0 Å². The second kappa shape index (κ2) is 7.60. The molecule has 1 atom stereocenters. The maximum absolute atomic E-state index is 12.6. The molecule has 1 saturated heterocycles. The lowest BCUT2D eigenvalue weighted by Crippen LogP contribution is -2.47. The number of amides is 1. The largest absolute Gasteiger partial charge is 0.490 e. The Kier molecular flexibility index (Phi) is 5.47. The van der Waals surface area contributed by atoms with Gasteiger partial charge in [0.25, 0.3) is 0 Å². The maximum Gasteiger partial charge on any atom is 0.227 e. The first kappa shape index (κ1) is 18.0. The van der Waals surface area contributed by atoms with E-state index in [1.54, 1.807) is 0 Å². The third-order valence-electron chi connectivity index (χ3n) is 5.18. The van der Waals surface area contributed by atoms with Gasteiger partial charge in [-0.3, -0.25) is 14.5 Å². The molecule has 25 heavy (non-hydrogen) atoms. The molecule has 2 heterocycles. The lowest BCUT2D eigenvalue weighted by atomic mass is 10.0. The number of methoxy groups -OCH3 is 1. The SMILES string of the molecule is COc1coc(CN2CCC(=O)N(CC3CC3)[C@@H](C(C)C)C2)cc1=O. The Hall–Kier alpha value is -1.82. The average Bonchev–Trinajstić information content (AvgIpc) is 3.39. The van der Waals surface area contributed by atoms with Crippen molar-refractivity contribution in [1.82, 2.24) is 9.80 Å². The van der Waals surface area contributed by atoms with E-state index in [1.807, 2.05) is 0 Å². The van der Waals surface area contributed by atoms with Crippen LogP contribution in [0.1, 0.15) is 38.9 Å². The Morgan fingerprint density at radius 2 is 2.08 bits per heavy atom. The predicted octanol–water partition coefficient (Wildman–Crippen LogP) is 2.12. The van der Waals surface area contributed by atoms with Crippen molar-refractivity contribution in [3.63, 3.8) is 0 Å². The Morgan fingerprint density at radius 3 is 2.68 bits per heavy atom. The molecule has 2 aliphatic rings. The van der Waals surface area contributed by atoms with E-state index in [0.29, 0.717) is 37.1 Å². The van der Waals surface area contributed by atoms with Gasteiger partial charge in [-0.15, -0.1) is 0 Å². The summed E-state index contributed by atoms with van der Waals surface area (Å²) in [4.78, 5) is 28.9. The van der Waals surface area contributed by atoms with Crippen molar-refractivity contribution < 1.29 is 13.9 Å². The molecule has 0 bridgehead atoms. The van der Waals surface area contributed by atoms with Crippen molar-refractivity contribution >= 4 is 5.91 Å². The highest BCUT2D eigenvalue weighted by atomic mass is 16.5. The Balaban J connectivity index is 1.72. The third-order valence-corrected chi connectivity index (χ3v) is 5.18. The Labute approximate surface area is 148 Å². The molecule has 1 aromatic rings. The summed E-state index contributed by atoms with van der Waals surface area (Å²) in [6, 6.07) is 1.69. The summed E-state index contributed by atoms with van der Waals surface area (Å²) >= 11 is 0. The summed E-state index contributed by atoms with van der Waals surface area (Å²) in [6.07, 6.45) is 4.38. The van der Waals surface area contributed by atoms with E-state index in [9.17, 15) is 9.59 Å². The average molecular weight is 348 g/mol. The molecule has 0 radical (unpaired) electrons. The highest BCUT2D eigenvalue weighted by molar-refractivity contribution is 5.77. The van der Waals surface area contributed by atoms with Crippen molar-refractivity contribution in [2.75, 3.05) is 26.7 Å². The van der Waals surface area contributed by atoms with Gasteiger partial charge in [-0.2, -0.15) is 0 Å². The van der Waals surface area contributed by atoms with Crippen LogP contribution < -0.4 is 10.2 Å². The summed E-state index contributed by atoms with van der Waals surface area (Å²) in [5, 5.41) is 0. The van der Waals surface area contributed by atoms with Crippen LogP contribution in [0.2, 0.25) is 0 Å². The fraction of sp³-hybridized carbons (Fsp3) is 0.684. The number of ether oxygens (including phenoxy) is 1. The molecule has 6 heteroatoms. The lowest BCUT2D eigenvalue weighted by Gasteiger charge is -2.34. The molecule has 0 N–H and O–H groups in total. The van der Waals surface area contributed by atoms with Crippen molar-refractivity contribution in [3.05, 3.63) is 28.3 Å². The summed E-state index contributed by atoms with van der Waals surface area (Å²) in [5.41, 5.74) is -0.176. The van der Waals surface area contributed by atoms with Crippen LogP contribution in [0.3, 0.4) is 0 Å². The van der Waals surface area contributed by atoms with E-state index in [0.717, 1.165) is 13.1 Å². The highest BCUT2D eigenvalue weighted by Crippen LogP contribution is 2.32. The van der Waals surface area contributed by atoms with E-state index in [-0.39, 0.29) is 23.1 Å². The monoisotopic (exact) mass is 348 g/mol. The molecule has 1 aliphatic carbocycles. The topological polar surface area (TPSA) is 63.0 Å². The van der Waals surface area contributed by atoms with Crippen molar-refractivity contribution in [3.8, 4) is 5.75 Å². The zero-order valence-corrected chi connectivity index (χ0v) is 15.4. The zero-order chi connectivity index (χ0) is 18.0. The van der Waals surface area contributed by atoms with E-state index < -0.39 is 0 Å². The molecule has 0 aromatic carbocycles. The van der Waals surface area contributed by atoms with Gasteiger partial charge in [-0.05, 0) is 24.7 Å². The van der Waals surface area contributed by atoms with Crippen LogP contribution >= 0.6 is 0 Å². The number of carbonyl (C=O) groups excluding carboxylic acids is 1. The first-order chi connectivity index (χ1) is 12.0. The number of hydrogen-bond acceptors (Lipinski definition) is 5. The summed E-state index contributed by atoms with van der Waals surface area (Å²) in [5.74, 6) is 2.16. The second-order valence-electron chi connectivity index (χ2n) is 7.56. The Morgan fingerprint density at radius 1 is 1.32 bits per heavy atom. The molecular weight excluding hydrogens is 320 g/mol. The van der Waals surface area contributed by atoms with Crippen LogP contribution in [0.25, 0.3) is 0 Å². The second-order valence-corrected chi connectivity index (χ2v) is 7.56. The Bertz CT molecular complexity index is 666. The molecule has 0 spiro atoms. The fourth-order valence-electron chi connectivity index (χ4n) is 3.46. The standard InChI is InChI=1S/C19H28N2O4/c1-13(2)16-11-20(7-6-19(23)21(16)9-14-4-5-14)10-15-8-17(22)18(24-3)12-25-15/h8,12-14,16H,4-7,9-11H2,1-3H3/t16-/m1/s1. The third kappa shape index (κ3) is 4.42. The number of hydrogen-bond donors (Lipinski definition) is 0. The van der Waals surface area contributed by atoms with Crippen molar-refractivity contribution in [1.29, 1.82) is 0 Å². The summed E-state index contributed by atoms with van der Waals surface area (Å²) in [7, 11) is 1.45. The van der Waals surface area contributed by atoms with Gasteiger partial charge in [0.05, 0.1) is 13.7 Å². The van der Waals surface area contributed by atoms with E-state index in [4.69, 9.17) is 9.15 Å². The van der Waals surface area contributed by atoms with E-state index in [1.165, 1.54) is 32.3 Å². The molecular formula is C19H28N2O4. The van der Waals surface area contributed by atoms with Crippen LogP contribution in [0, 0.1) is 11.8 Å². The zero-order valence-electron chi connectivity index (χ0n) is 15.4. The van der Waals surface area contributed by atoms with Crippen LogP contribution in [-0.4, -0.2) is 48.5 Å². The predicted molar refractivity (Wildman–Crippen MR) is 94.5 cm³/mol. The van der Waals surface area contributed by atoms with E-state index in [2.05, 4.69) is 23.6 Å². The van der Waals surface area contributed by atoms with Gasteiger partial charge in [0, 0.05) is 38.2 Å². The molecule has 1 aliphatic heterocycles. The first-order valence-electron chi connectivity index (χ1n) is 9.15. The van der Waals surface area contributed by atoms with Crippen LogP contribution in [0.5, 0.6) is 5.75 Å². The van der Waals surface area contributed by atoms with Crippen molar-refractivity contribution in [2.45, 2.75) is 45.7 Å². The minimum atomic E-state index is -0.176. The lowest BCUT2D eigenvalue weighted by molar-refractivity contribution is -0.133. The van der Waals surface area contributed by atoms with Crippen LogP contribution in [0.15, 0.2) is 21.5 Å². The van der Waals surface area contributed by atoms with Gasteiger partial charge < -0.3 is 14.1 Å².